The van der Waals surface area contributed by atoms with Gasteiger partial charge in [0.2, 0.25) is 11.8 Å². The van der Waals surface area contributed by atoms with E-state index in [4.69, 9.17) is 9.90 Å². The van der Waals surface area contributed by atoms with Crippen LogP contribution in [0.2, 0.25) is 0 Å². The lowest BCUT2D eigenvalue weighted by atomic mass is 10.1. The molecule has 0 aromatic heterocycles. The van der Waals surface area contributed by atoms with Gasteiger partial charge >= 0.3 is 0 Å². The van der Waals surface area contributed by atoms with Gasteiger partial charge in [0.15, 0.2) is 0 Å². The van der Waals surface area contributed by atoms with E-state index in [1.165, 1.54) is 5.01 Å². The van der Waals surface area contributed by atoms with Crippen molar-refractivity contribution in [2.24, 2.45) is 0 Å². The summed E-state index contributed by atoms with van der Waals surface area (Å²) in [5.74, 6) is -1.75. The fourth-order valence-electron chi connectivity index (χ4n) is 3.23. The number of hydrazine groups is 1. The number of carboxylic acids is 1. The molecule has 0 unspecified atom stereocenters. The van der Waals surface area contributed by atoms with Gasteiger partial charge in [-0.2, -0.15) is 0 Å². The lowest BCUT2D eigenvalue weighted by Gasteiger charge is -2.41. The summed E-state index contributed by atoms with van der Waals surface area (Å²) in [5, 5.41) is 15.6. The highest BCUT2D eigenvalue weighted by atomic mass is 16.4. The molecule has 2 atom stereocenters. The number of nitrogens with one attached hydrogen (secondary N) is 2. The number of likely N-dealkylation sites (N-methyl/N-ethyl adjacent to an activating group) is 1. The van der Waals surface area contributed by atoms with Gasteiger partial charge in [-0.1, -0.05) is 18.2 Å². The van der Waals surface area contributed by atoms with Crippen molar-refractivity contribution in [3.8, 4) is 0 Å². The monoisotopic (exact) mass is 462 g/mol. The normalized spacial score (nSPS) is 16.4. The third-order valence-electron chi connectivity index (χ3n) is 4.82. The molecule has 11 nitrogen and oxygen atoms in total. The topological polar surface area (TPSA) is 153 Å². The highest BCUT2D eigenvalue weighted by molar-refractivity contribution is 5.95. The van der Waals surface area contributed by atoms with Gasteiger partial charge in [-0.3, -0.25) is 24.2 Å². The van der Waals surface area contributed by atoms with E-state index in [0.717, 1.165) is 6.92 Å². The molecule has 3 N–H and O–H groups in total. The van der Waals surface area contributed by atoms with Crippen molar-refractivity contribution in [2.45, 2.75) is 44.7 Å². The lowest BCUT2D eigenvalue weighted by Crippen LogP contribution is -2.58. The van der Waals surface area contributed by atoms with Gasteiger partial charge in [0.05, 0.1) is 12.6 Å². The van der Waals surface area contributed by atoms with Crippen LogP contribution in [0.15, 0.2) is 30.3 Å². The Labute approximate surface area is 192 Å². The number of hydrogen-bond acceptors (Lipinski definition) is 7. The first-order valence-corrected chi connectivity index (χ1v) is 10.5. The SMILES string of the molecule is CC(=O)O.CN1[C@H](C(=O)NCC=O)CCCN1C(=O)CC[C@@H](C=O)NC(=O)c1ccccc1. The zero-order chi connectivity index (χ0) is 24.8. The molecule has 0 aliphatic carbocycles. The number of carbonyl (C=O) groups is 6. The maximum atomic E-state index is 12.6. The van der Waals surface area contributed by atoms with E-state index in [0.29, 0.717) is 37.5 Å². The highest BCUT2D eigenvalue weighted by Gasteiger charge is 2.33. The van der Waals surface area contributed by atoms with E-state index < -0.39 is 18.1 Å². The van der Waals surface area contributed by atoms with Crippen LogP contribution in [0.1, 0.15) is 43.0 Å². The zero-order valence-electron chi connectivity index (χ0n) is 18.7. The smallest absolute Gasteiger partial charge is 0.300 e. The van der Waals surface area contributed by atoms with Crippen molar-refractivity contribution in [3.63, 3.8) is 0 Å². The Balaban J connectivity index is 0.00000125. The van der Waals surface area contributed by atoms with Crippen LogP contribution in [0.5, 0.6) is 0 Å². The van der Waals surface area contributed by atoms with Crippen LogP contribution in [0.4, 0.5) is 0 Å². The number of benzene rings is 1. The van der Waals surface area contributed by atoms with Crippen LogP contribution in [0.25, 0.3) is 0 Å². The van der Waals surface area contributed by atoms with Crippen molar-refractivity contribution in [1.29, 1.82) is 0 Å². The number of amides is 3. The minimum Gasteiger partial charge on any atom is -0.481 e. The predicted octanol–water partition coefficient (Wildman–Crippen LogP) is 0.00790. The van der Waals surface area contributed by atoms with Gasteiger partial charge in [-0.15, -0.1) is 0 Å². The Hall–Kier alpha value is -3.60. The lowest BCUT2D eigenvalue weighted by molar-refractivity contribution is -0.160. The van der Waals surface area contributed by atoms with Crippen molar-refractivity contribution >= 4 is 36.3 Å². The summed E-state index contributed by atoms with van der Waals surface area (Å²) < 4.78 is 0. The summed E-state index contributed by atoms with van der Waals surface area (Å²) in [6, 6.07) is 7.20. The average molecular weight is 463 g/mol. The first kappa shape index (κ1) is 27.4. The largest absolute Gasteiger partial charge is 0.481 e. The molecule has 0 spiro atoms. The van der Waals surface area contributed by atoms with Crippen molar-refractivity contribution < 1.29 is 33.9 Å². The van der Waals surface area contributed by atoms with Crippen molar-refractivity contribution in [2.75, 3.05) is 20.1 Å². The Kier molecular flexibility index (Phi) is 12.0. The number of aliphatic carboxylic acids is 1. The van der Waals surface area contributed by atoms with Crippen molar-refractivity contribution in [1.82, 2.24) is 20.7 Å². The average Bonchev–Trinajstić information content (AvgIpc) is 2.80. The number of carbonyl (C=O) groups excluding carboxylic acids is 5. The summed E-state index contributed by atoms with van der Waals surface area (Å²) >= 11 is 0. The van der Waals surface area contributed by atoms with E-state index in [2.05, 4.69) is 10.6 Å². The summed E-state index contributed by atoms with van der Waals surface area (Å²) in [6.07, 6.45) is 2.65. The number of rotatable bonds is 9. The first-order chi connectivity index (χ1) is 15.7. The Morgan fingerprint density at radius 3 is 2.39 bits per heavy atom. The van der Waals surface area contributed by atoms with Gasteiger partial charge in [-0.05, 0) is 31.4 Å². The van der Waals surface area contributed by atoms with E-state index in [-0.39, 0.29) is 37.1 Å². The molecule has 1 fully saturated rings. The summed E-state index contributed by atoms with van der Waals surface area (Å²) in [7, 11) is 1.65. The van der Waals surface area contributed by atoms with Crippen molar-refractivity contribution in [3.05, 3.63) is 35.9 Å². The molecule has 0 bridgehead atoms. The molecule has 1 saturated heterocycles. The van der Waals surface area contributed by atoms with Crippen LogP contribution < -0.4 is 10.6 Å². The standard InChI is InChI=1S/C20H26N4O5.C2H4O2/c1-23-17(20(29)21-11-13-25)8-5-12-24(23)18(27)10-9-16(14-26)22-19(28)15-6-3-2-4-7-15;1-2(3)4/h2-4,6-7,13-14,16-17H,5,8-12H2,1H3,(H,21,29)(H,22,28);1H3,(H,3,4)/t16-,17-;/m0./s1. The van der Waals surface area contributed by atoms with Crippen LogP contribution >= 0.6 is 0 Å². The quantitative estimate of drug-likeness (QED) is 0.434. The molecule has 1 aromatic carbocycles. The van der Waals surface area contributed by atoms with Gasteiger partial charge < -0.3 is 25.3 Å². The molecule has 1 heterocycles. The fourth-order valence-corrected chi connectivity index (χ4v) is 3.23. The van der Waals surface area contributed by atoms with Crippen LogP contribution in [0.3, 0.4) is 0 Å². The molecule has 3 amide bonds. The molecule has 1 aromatic rings. The number of hydrogen-bond donors (Lipinski definition) is 3. The van der Waals surface area contributed by atoms with E-state index in [1.54, 1.807) is 42.4 Å². The maximum Gasteiger partial charge on any atom is 0.300 e. The number of aldehydes is 2. The highest BCUT2D eigenvalue weighted by Crippen LogP contribution is 2.18. The molecule has 2 rings (SSSR count). The van der Waals surface area contributed by atoms with Crippen LogP contribution in [0, 0.1) is 0 Å². The maximum absolute atomic E-state index is 12.6. The molecule has 33 heavy (non-hydrogen) atoms. The van der Waals surface area contributed by atoms with Gasteiger partial charge in [0, 0.05) is 32.5 Å². The molecule has 180 valence electrons. The summed E-state index contributed by atoms with van der Waals surface area (Å²) in [4.78, 5) is 67.7. The van der Waals surface area contributed by atoms with Crippen LogP contribution in [-0.2, 0) is 24.0 Å². The van der Waals surface area contributed by atoms with Gasteiger partial charge in [-0.25, -0.2) is 5.01 Å². The second-order valence-electron chi connectivity index (χ2n) is 7.30. The third kappa shape index (κ3) is 9.60. The molecular weight excluding hydrogens is 432 g/mol. The summed E-state index contributed by atoms with van der Waals surface area (Å²) in [6.45, 7) is 1.48. The Morgan fingerprint density at radius 1 is 1.18 bits per heavy atom. The van der Waals surface area contributed by atoms with E-state index >= 15 is 0 Å². The third-order valence-corrected chi connectivity index (χ3v) is 4.82. The minimum atomic E-state index is -0.833. The summed E-state index contributed by atoms with van der Waals surface area (Å²) in [5.41, 5.74) is 0.436. The zero-order valence-corrected chi connectivity index (χ0v) is 18.7. The Morgan fingerprint density at radius 2 is 1.82 bits per heavy atom. The van der Waals surface area contributed by atoms with Gasteiger partial charge in [0.25, 0.3) is 11.9 Å². The molecular formula is C22H30N4O7. The molecule has 1 aliphatic rings. The minimum absolute atomic E-state index is 0.0471. The molecule has 0 saturated carbocycles. The molecule has 1 aliphatic heterocycles. The second kappa shape index (κ2) is 14.5. The second-order valence-corrected chi connectivity index (χ2v) is 7.30. The fraction of sp³-hybridized carbons (Fsp3) is 0.455. The van der Waals surface area contributed by atoms with Crippen LogP contribution in [-0.4, -0.2) is 83.6 Å². The first-order valence-electron chi connectivity index (χ1n) is 10.5. The Bertz CT molecular complexity index is 827. The number of carboxylic acid groups (broad SMARTS) is 1. The molecule has 0 radical (unpaired) electrons. The van der Waals surface area contributed by atoms with Gasteiger partial charge in [0.1, 0.15) is 18.6 Å². The number of nitrogens with zero attached hydrogens (tertiary/aromatic N) is 2. The van der Waals surface area contributed by atoms with E-state index in [1.807, 2.05) is 0 Å². The van der Waals surface area contributed by atoms with E-state index in [9.17, 15) is 24.0 Å². The molecule has 11 heteroatoms. The predicted molar refractivity (Wildman–Crippen MR) is 118 cm³/mol.